The number of hydrogen-bond acceptors (Lipinski definition) is 4. The number of nitrogens with one attached hydrogen (secondary N) is 1. The van der Waals surface area contributed by atoms with Gasteiger partial charge < -0.3 is 19.7 Å². The molecule has 2 aromatic carbocycles. The summed E-state index contributed by atoms with van der Waals surface area (Å²) in [6.07, 6.45) is 2.31. The Morgan fingerprint density at radius 3 is 2.86 bits per heavy atom. The Bertz CT molecular complexity index is 938. The number of carbonyl (C=O) groups is 2. The van der Waals surface area contributed by atoms with E-state index in [4.69, 9.17) is 9.47 Å². The molecule has 6 nitrogen and oxygen atoms in total. The highest BCUT2D eigenvalue weighted by atomic mass is 16.5. The van der Waals surface area contributed by atoms with E-state index in [9.17, 15) is 9.59 Å². The van der Waals surface area contributed by atoms with Crippen molar-refractivity contribution in [2.75, 3.05) is 18.1 Å². The van der Waals surface area contributed by atoms with Crippen LogP contribution in [0.25, 0.3) is 0 Å². The molecule has 152 valence electrons. The number of hydrogen-bond donors (Lipinski definition) is 1. The zero-order chi connectivity index (χ0) is 20.4. The first-order valence-electron chi connectivity index (χ1n) is 10.0. The normalized spacial score (nSPS) is 17.0. The lowest BCUT2D eigenvalue weighted by molar-refractivity contribution is -0.123. The summed E-state index contributed by atoms with van der Waals surface area (Å²) < 4.78 is 11.7. The van der Waals surface area contributed by atoms with E-state index in [0.717, 1.165) is 42.0 Å². The quantitative estimate of drug-likeness (QED) is 0.817. The first-order chi connectivity index (χ1) is 13.9. The van der Waals surface area contributed by atoms with Gasteiger partial charge in [0, 0.05) is 37.2 Å². The number of fused-ring (bicyclic) bond motifs is 1. The van der Waals surface area contributed by atoms with E-state index in [2.05, 4.69) is 5.32 Å². The van der Waals surface area contributed by atoms with Crippen molar-refractivity contribution in [2.45, 2.75) is 45.3 Å². The summed E-state index contributed by atoms with van der Waals surface area (Å²) in [6.45, 7) is 5.13. The zero-order valence-corrected chi connectivity index (χ0v) is 16.9. The lowest BCUT2D eigenvalue weighted by atomic mass is 10.0. The third kappa shape index (κ3) is 4.36. The highest BCUT2D eigenvalue weighted by Gasteiger charge is 2.32. The van der Waals surface area contributed by atoms with E-state index in [1.54, 1.807) is 4.90 Å². The summed E-state index contributed by atoms with van der Waals surface area (Å²) in [6, 6.07) is 13.5. The van der Waals surface area contributed by atoms with Gasteiger partial charge in [-0.1, -0.05) is 24.3 Å². The predicted molar refractivity (Wildman–Crippen MR) is 110 cm³/mol. The summed E-state index contributed by atoms with van der Waals surface area (Å²) in [5, 5.41) is 2.87. The van der Waals surface area contributed by atoms with Crippen molar-refractivity contribution in [3.8, 4) is 11.5 Å². The van der Waals surface area contributed by atoms with Gasteiger partial charge in [0.25, 0.3) is 5.91 Å². The molecule has 1 N–H and O–H groups in total. The van der Waals surface area contributed by atoms with Crippen LogP contribution in [0.15, 0.2) is 42.5 Å². The molecule has 0 aromatic heterocycles. The van der Waals surface area contributed by atoms with Crippen LogP contribution < -0.4 is 19.7 Å². The van der Waals surface area contributed by atoms with Gasteiger partial charge in [-0.05, 0) is 44.0 Å². The van der Waals surface area contributed by atoms with E-state index >= 15 is 0 Å². The van der Waals surface area contributed by atoms with Crippen molar-refractivity contribution in [3.05, 3.63) is 53.6 Å². The second-order valence-electron chi connectivity index (χ2n) is 8.17. The number of para-hydroxylation sites is 1. The van der Waals surface area contributed by atoms with Crippen LogP contribution >= 0.6 is 0 Å². The Kier molecular flexibility index (Phi) is 5.18. The van der Waals surface area contributed by atoms with Crippen LogP contribution in [0.2, 0.25) is 0 Å². The van der Waals surface area contributed by atoms with Gasteiger partial charge in [-0.25, -0.2) is 0 Å². The number of carbonyl (C=O) groups excluding carboxylic acids is 2. The van der Waals surface area contributed by atoms with Gasteiger partial charge in [-0.15, -0.1) is 0 Å². The highest BCUT2D eigenvalue weighted by Crippen LogP contribution is 2.41. The third-order valence-electron chi connectivity index (χ3n) is 5.20. The van der Waals surface area contributed by atoms with Gasteiger partial charge in [0.05, 0.1) is 0 Å². The van der Waals surface area contributed by atoms with Gasteiger partial charge in [-0.2, -0.15) is 0 Å². The molecule has 0 bridgehead atoms. The topological polar surface area (TPSA) is 67.9 Å². The zero-order valence-electron chi connectivity index (χ0n) is 16.9. The van der Waals surface area contributed by atoms with Gasteiger partial charge in [0.1, 0.15) is 5.60 Å². The summed E-state index contributed by atoms with van der Waals surface area (Å²) in [7, 11) is 0. The maximum atomic E-state index is 12.3. The number of ether oxygens (including phenoxy) is 2. The van der Waals surface area contributed by atoms with Crippen molar-refractivity contribution in [2.24, 2.45) is 0 Å². The van der Waals surface area contributed by atoms with Crippen LogP contribution in [-0.4, -0.2) is 30.6 Å². The average Bonchev–Trinajstić information content (AvgIpc) is 3.26. The molecular formula is C23H26N2O4. The van der Waals surface area contributed by atoms with Gasteiger partial charge in [0.15, 0.2) is 18.1 Å². The molecule has 1 fully saturated rings. The molecule has 2 heterocycles. The Morgan fingerprint density at radius 2 is 2.07 bits per heavy atom. The molecule has 2 aliphatic rings. The van der Waals surface area contributed by atoms with E-state index in [-0.39, 0.29) is 24.0 Å². The third-order valence-corrected chi connectivity index (χ3v) is 5.20. The molecule has 2 aliphatic heterocycles. The van der Waals surface area contributed by atoms with Crippen molar-refractivity contribution in [1.82, 2.24) is 5.32 Å². The minimum absolute atomic E-state index is 0.0788. The molecule has 0 saturated carbocycles. The first kappa shape index (κ1) is 19.3. The monoisotopic (exact) mass is 394 g/mol. The number of amides is 2. The van der Waals surface area contributed by atoms with Crippen molar-refractivity contribution in [1.29, 1.82) is 0 Å². The fraction of sp³-hybridized carbons (Fsp3) is 0.391. The molecule has 0 radical (unpaired) electrons. The molecule has 1 saturated heterocycles. The van der Waals surface area contributed by atoms with Crippen LogP contribution in [0.5, 0.6) is 11.5 Å². The first-order valence-corrected chi connectivity index (χ1v) is 10.0. The minimum atomic E-state index is -0.258. The molecule has 0 atom stereocenters. The van der Waals surface area contributed by atoms with Gasteiger partial charge >= 0.3 is 0 Å². The van der Waals surface area contributed by atoms with E-state index in [1.165, 1.54) is 0 Å². The molecule has 2 aromatic rings. The molecule has 0 unspecified atom stereocenters. The van der Waals surface area contributed by atoms with Crippen LogP contribution in [0.3, 0.4) is 0 Å². The lowest BCUT2D eigenvalue weighted by Crippen LogP contribution is -2.29. The van der Waals surface area contributed by atoms with Crippen LogP contribution in [0.4, 0.5) is 5.69 Å². The fourth-order valence-electron chi connectivity index (χ4n) is 3.85. The average molecular weight is 394 g/mol. The minimum Gasteiger partial charge on any atom is -0.483 e. The fourth-order valence-corrected chi connectivity index (χ4v) is 3.85. The van der Waals surface area contributed by atoms with Gasteiger partial charge in [-0.3, -0.25) is 9.59 Å². The largest absolute Gasteiger partial charge is 0.483 e. The van der Waals surface area contributed by atoms with E-state index < -0.39 is 0 Å². The predicted octanol–water partition coefficient (Wildman–Crippen LogP) is 3.22. The maximum Gasteiger partial charge on any atom is 0.258 e. The Labute approximate surface area is 170 Å². The smallest absolute Gasteiger partial charge is 0.258 e. The van der Waals surface area contributed by atoms with E-state index in [0.29, 0.717) is 18.7 Å². The summed E-state index contributed by atoms with van der Waals surface area (Å²) in [4.78, 5) is 26.0. The van der Waals surface area contributed by atoms with Crippen molar-refractivity contribution in [3.63, 3.8) is 0 Å². The SMILES string of the molecule is CC1(C)Cc2cccc(OCC(=O)NCc3cccc(N4CCCC4=O)c3)c2O1. The summed E-state index contributed by atoms with van der Waals surface area (Å²) >= 11 is 0. The maximum absolute atomic E-state index is 12.3. The van der Waals surface area contributed by atoms with Gasteiger partial charge in [0.2, 0.25) is 5.91 Å². The number of benzene rings is 2. The van der Waals surface area contributed by atoms with Crippen molar-refractivity contribution < 1.29 is 19.1 Å². The second kappa shape index (κ2) is 7.78. The van der Waals surface area contributed by atoms with Crippen molar-refractivity contribution >= 4 is 17.5 Å². The van der Waals surface area contributed by atoms with Crippen LogP contribution in [0, 0.1) is 0 Å². The Balaban J connectivity index is 1.32. The summed E-state index contributed by atoms with van der Waals surface area (Å²) in [5.41, 5.74) is 2.67. The molecular weight excluding hydrogens is 368 g/mol. The highest BCUT2D eigenvalue weighted by molar-refractivity contribution is 5.95. The summed E-state index contributed by atoms with van der Waals surface area (Å²) in [5.74, 6) is 1.27. The molecule has 29 heavy (non-hydrogen) atoms. The standard InChI is InChI=1S/C23H26N2O4/c1-23(2)13-17-7-4-9-19(22(17)29-23)28-15-20(26)24-14-16-6-3-8-18(12-16)25-11-5-10-21(25)27/h3-4,6-9,12H,5,10-11,13-15H2,1-2H3,(H,24,26). The molecule has 0 spiro atoms. The number of nitrogens with zero attached hydrogens (tertiary/aromatic N) is 1. The number of rotatable bonds is 6. The van der Waals surface area contributed by atoms with Crippen LogP contribution in [-0.2, 0) is 22.6 Å². The second-order valence-corrected chi connectivity index (χ2v) is 8.17. The van der Waals surface area contributed by atoms with Crippen LogP contribution in [0.1, 0.15) is 37.8 Å². The lowest BCUT2D eigenvalue weighted by Gasteiger charge is -2.18. The number of anilines is 1. The Hall–Kier alpha value is -3.02. The Morgan fingerprint density at radius 1 is 1.24 bits per heavy atom. The van der Waals surface area contributed by atoms with E-state index in [1.807, 2.05) is 56.3 Å². The molecule has 2 amide bonds. The molecule has 0 aliphatic carbocycles. The molecule has 6 heteroatoms. The molecule has 4 rings (SSSR count).